The summed E-state index contributed by atoms with van der Waals surface area (Å²) in [4.78, 5) is 0. The van der Waals surface area contributed by atoms with Crippen LogP contribution in [0, 0.1) is 5.41 Å². The normalized spacial score (nSPS) is 19.7. The Balaban J connectivity index is 1.91. The monoisotopic (exact) mass is 251 g/mol. The van der Waals surface area contributed by atoms with E-state index in [1.807, 2.05) is 12.1 Å². The van der Waals surface area contributed by atoms with Crippen LogP contribution in [0.1, 0.15) is 51.1 Å². The lowest BCUT2D eigenvalue weighted by molar-refractivity contribution is 0.120. The van der Waals surface area contributed by atoms with Crippen LogP contribution in [-0.2, 0) is 0 Å². The van der Waals surface area contributed by atoms with E-state index in [4.69, 9.17) is 11.6 Å². The maximum absolute atomic E-state index is 6.02. The van der Waals surface area contributed by atoms with Gasteiger partial charge in [0.1, 0.15) is 0 Å². The number of hydrogen-bond donors (Lipinski definition) is 1. The summed E-state index contributed by atoms with van der Waals surface area (Å²) in [7, 11) is 0. The Bertz CT molecular complexity index is 365. The van der Waals surface area contributed by atoms with E-state index in [9.17, 15) is 0 Å². The van der Waals surface area contributed by atoms with Crippen molar-refractivity contribution < 1.29 is 0 Å². The molecular weight excluding hydrogens is 230 g/mol. The highest BCUT2D eigenvalue weighted by Gasteiger charge is 2.34. The molecule has 0 saturated heterocycles. The average molecular weight is 252 g/mol. The Kier molecular flexibility index (Phi) is 4.11. The number of benzene rings is 1. The van der Waals surface area contributed by atoms with Gasteiger partial charge in [-0.25, -0.2) is 0 Å². The Hall–Kier alpha value is -0.530. The molecule has 0 heterocycles. The van der Waals surface area contributed by atoms with Gasteiger partial charge in [-0.15, -0.1) is 0 Å². The van der Waals surface area contributed by atoms with Crippen molar-refractivity contribution in [1.82, 2.24) is 5.32 Å². The third-order valence-corrected chi connectivity index (χ3v) is 4.53. The molecule has 0 spiro atoms. The first-order valence-electron chi connectivity index (χ1n) is 6.64. The molecule has 2 heteroatoms. The fourth-order valence-corrected chi connectivity index (χ4v) is 2.79. The van der Waals surface area contributed by atoms with Gasteiger partial charge in [-0.05, 0) is 49.3 Å². The van der Waals surface area contributed by atoms with Gasteiger partial charge in [0, 0.05) is 17.6 Å². The van der Waals surface area contributed by atoms with Crippen LogP contribution in [0.25, 0.3) is 0 Å². The van der Waals surface area contributed by atoms with Crippen molar-refractivity contribution in [2.45, 2.75) is 45.6 Å². The molecule has 1 unspecified atom stereocenters. The van der Waals surface area contributed by atoms with Gasteiger partial charge < -0.3 is 5.32 Å². The molecule has 1 aliphatic rings. The Morgan fingerprint density at radius 1 is 1.41 bits per heavy atom. The van der Waals surface area contributed by atoms with Crippen LogP contribution in [0.2, 0.25) is 5.02 Å². The first-order valence-corrected chi connectivity index (χ1v) is 7.02. The number of halogens is 1. The summed E-state index contributed by atoms with van der Waals surface area (Å²) in [6.07, 6.45) is 5.47. The third-order valence-electron chi connectivity index (χ3n) is 4.30. The summed E-state index contributed by atoms with van der Waals surface area (Å²) in [6, 6.07) is 8.53. The highest BCUT2D eigenvalue weighted by atomic mass is 35.5. The molecule has 2 rings (SSSR count). The second-order valence-electron chi connectivity index (χ2n) is 5.36. The van der Waals surface area contributed by atoms with Crippen molar-refractivity contribution in [3.8, 4) is 0 Å². The van der Waals surface area contributed by atoms with E-state index in [1.54, 1.807) is 0 Å². The minimum atomic E-state index is 0.387. The second-order valence-corrected chi connectivity index (χ2v) is 5.80. The van der Waals surface area contributed by atoms with E-state index in [0.717, 1.165) is 11.6 Å². The Labute approximate surface area is 110 Å². The first-order chi connectivity index (χ1) is 8.15. The van der Waals surface area contributed by atoms with E-state index < -0.39 is 0 Å². The molecule has 94 valence electrons. The third kappa shape index (κ3) is 3.02. The topological polar surface area (TPSA) is 12.0 Å². The summed E-state index contributed by atoms with van der Waals surface area (Å²) in [5.41, 5.74) is 1.86. The molecule has 0 amide bonds. The lowest BCUT2D eigenvalue weighted by Gasteiger charge is -2.42. The minimum Gasteiger partial charge on any atom is -0.310 e. The summed E-state index contributed by atoms with van der Waals surface area (Å²) in [6.45, 7) is 5.66. The first kappa shape index (κ1) is 12.9. The molecule has 1 aromatic rings. The summed E-state index contributed by atoms with van der Waals surface area (Å²) in [5.74, 6) is 0. The zero-order chi connectivity index (χ0) is 12.3. The predicted molar refractivity (Wildman–Crippen MR) is 74.4 cm³/mol. The molecule has 1 aliphatic carbocycles. The van der Waals surface area contributed by atoms with Crippen LogP contribution in [0.4, 0.5) is 0 Å². The molecule has 0 bridgehead atoms. The fourth-order valence-electron chi connectivity index (χ4n) is 2.60. The zero-order valence-electron chi connectivity index (χ0n) is 10.8. The van der Waals surface area contributed by atoms with Gasteiger partial charge in [0.25, 0.3) is 0 Å². The average Bonchev–Trinajstić information content (AvgIpc) is 2.28. The van der Waals surface area contributed by atoms with Crippen molar-refractivity contribution in [2.75, 3.05) is 6.54 Å². The van der Waals surface area contributed by atoms with Crippen molar-refractivity contribution >= 4 is 11.6 Å². The predicted octanol–water partition coefficient (Wildman–Crippen LogP) is 4.57. The second kappa shape index (κ2) is 5.41. The van der Waals surface area contributed by atoms with Crippen LogP contribution in [0.15, 0.2) is 24.3 Å². The molecule has 1 saturated carbocycles. The molecule has 0 aliphatic heterocycles. The van der Waals surface area contributed by atoms with E-state index >= 15 is 0 Å². The van der Waals surface area contributed by atoms with Gasteiger partial charge in [0.05, 0.1) is 0 Å². The fraction of sp³-hybridized carbons (Fsp3) is 0.600. The lowest BCUT2D eigenvalue weighted by Crippen LogP contribution is -2.40. The summed E-state index contributed by atoms with van der Waals surface area (Å²) in [5, 5.41) is 4.49. The van der Waals surface area contributed by atoms with Crippen LogP contribution >= 0.6 is 11.6 Å². The van der Waals surface area contributed by atoms with Crippen molar-refractivity contribution in [3.05, 3.63) is 34.9 Å². The zero-order valence-corrected chi connectivity index (χ0v) is 11.6. The number of hydrogen-bond acceptors (Lipinski definition) is 1. The summed E-state index contributed by atoms with van der Waals surface area (Å²) < 4.78 is 0. The van der Waals surface area contributed by atoms with E-state index in [0.29, 0.717) is 11.5 Å². The van der Waals surface area contributed by atoms with Gasteiger partial charge >= 0.3 is 0 Å². The molecular formula is C15H22ClN. The van der Waals surface area contributed by atoms with Crippen molar-refractivity contribution in [3.63, 3.8) is 0 Å². The Morgan fingerprint density at radius 3 is 2.71 bits per heavy atom. The van der Waals surface area contributed by atoms with Crippen molar-refractivity contribution in [1.29, 1.82) is 0 Å². The minimum absolute atomic E-state index is 0.387. The van der Waals surface area contributed by atoms with Crippen LogP contribution < -0.4 is 5.32 Å². The van der Waals surface area contributed by atoms with E-state index in [-0.39, 0.29) is 0 Å². The van der Waals surface area contributed by atoms with E-state index in [2.05, 4.69) is 31.3 Å². The maximum atomic E-state index is 6.02. The van der Waals surface area contributed by atoms with Gasteiger partial charge in [-0.1, -0.05) is 37.1 Å². The highest BCUT2D eigenvalue weighted by Crippen LogP contribution is 2.43. The molecule has 1 N–H and O–H groups in total. The van der Waals surface area contributed by atoms with Crippen LogP contribution in [0.3, 0.4) is 0 Å². The SMILES string of the molecule is CCC1(CNC(C)c2cccc(Cl)c2)CCC1. The lowest BCUT2D eigenvalue weighted by atomic mass is 9.67. The quantitative estimate of drug-likeness (QED) is 0.808. The molecule has 1 aromatic carbocycles. The molecule has 1 nitrogen and oxygen atoms in total. The van der Waals surface area contributed by atoms with Gasteiger partial charge in [-0.2, -0.15) is 0 Å². The number of rotatable bonds is 5. The smallest absolute Gasteiger partial charge is 0.0409 e. The van der Waals surface area contributed by atoms with Gasteiger partial charge in [0.2, 0.25) is 0 Å². The van der Waals surface area contributed by atoms with Crippen LogP contribution in [0.5, 0.6) is 0 Å². The molecule has 17 heavy (non-hydrogen) atoms. The van der Waals surface area contributed by atoms with Gasteiger partial charge in [0.15, 0.2) is 0 Å². The van der Waals surface area contributed by atoms with Crippen LogP contribution in [-0.4, -0.2) is 6.54 Å². The molecule has 1 fully saturated rings. The highest BCUT2D eigenvalue weighted by molar-refractivity contribution is 6.30. The maximum Gasteiger partial charge on any atom is 0.0409 e. The molecule has 0 radical (unpaired) electrons. The van der Waals surface area contributed by atoms with Gasteiger partial charge in [-0.3, -0.25) is 0 Å². The largest absolute Gasteiger partial charge is 0.310 e. The number of nitrogens with one attached hydrogen (secondary N) is 1. The standard InChI is InChI=1S/C15H22ClN/c1-3-15(8-5-9-15)11-17-12(2)13-6-4-7-14(16)10-13/h4,6-7,10,12,17H,3,5,8-9,11H2,1-2H3. The molecule has 1 atom stereocenters. The Morgan fingerprint density at radius 2 is 2.18 bits per heavy atom. The van der Waals surface area contributed by atoms with Crippen molar-refractivity contribution in [2.24, 2.45) is 5.41 Å². The van der Waals surface area contributed by atoms with E-state index in [1.165, 1.54) is 31.2 Å². The molecule has 0 aromatic heterocycles. The summed E-state index contributed by atoms with van der Waals surface area (Å²) >= 11 is 6.02.